The van der Waals surface area contributed by atoms with E-state index < -0.39 is 11.6 Å². The zero-order chi connectivity index (χ0) is 25.5. The van der Waals surface area contributed by atoms with Crippen molar-refractivity contribution in [2.45, 2.75) is 39.0 Å². The average molecular weight is 489 g/mol. The lowest BCUT2D eigenvalue weighted by atomic mass is 9.84. The highest BCUT2D eigenvalue weighted by Gasteiger charge is 2.18. The molecule has 1 aliphatic rings. The van der Waals surface area contributed by atoms with E-state index in [2.05, 4.69) is 24.8 Å². The Balaban J connectivity index is 1.48. The van der Waals surface area contributed by atoms with Gasteiger partial charge in [0.2, 0.25) is 5.82 Å². The maximum Gasteiger partial charge on any atom is 0.201 e. The monoisotopic (exact) mass is 488 g/mol. The van der Waals surface area contributed by atoms with E-state index >= 15 is 4.39 Å². The molecule has 4 heteroatoms. The van der Waals surface area contributed by atoms with Crippen LogP contribution < -0.4 is 4.74 Å². The lowest BCUT2D eigenvalue weighted by Crippen LogP contribution is -2.06. The summed E-state index contributed by atoms with van der Waals surface area (Å²) in [7, 11) is 0. The van der Waals surface area contributed by atoms with Gasteiger partial charge in [0.25, 0.3) is 0 Å². The predicted octanol–water partition coefficient (Wildman–Crippen LogP) is 9.54. The first kappa shape index (κ1) is 25.6. The van der Waals surface area contributed by atoms with Gasteiger partial charge in [-0.1, -0.05) is 67.3 Å². The fourth-order valence-corrected chi connectivity index (χ4v) is 4.71. The number of benzene rings is 3. The molecule has 0 heterocycles. The van der Waals surface area contributed by atoms with Gasteiger partial charge in [0, 0.05) is 11.1 Å². The number of allylic oxidation sites excluding steroid dienone is 4. The van der Waals surface area contributed by atoms with Crippen molar-refractivity contribution in [1.29, 1.82) is 0 Å². The molecule has 0 saturated carbocycles. The fourth-order valence-electron chi connectivity index (χ4n) is 4.71. The van der Waals surface area contributed by atoms with Crippen LogP contribution in [0.3, 0.4) is 0 Å². The van der Waals surface area contributed by atoms with E-state index in [1.165, 1.54) is 24.6 Å². The average Bonchev–Trinajstić information content (AvgIpc) is 2.90. The largest absolute Gasteiger partial charge is 0.486 e. The summed E-state index contributed by atoms with van der Waals surface area (Å²) in [6, 6.07) is 15.2. The predicted molar refractivity (Wildman–Crippen MR) is 142 cm³/mol. The van der Waals surface area contributed by atoms with E-state index in [1.54, 1.807) is 30.3 Å². The highest BCUT2D eigenvalue weighted by molar-refractivity contribution is 5.74. The van der Waals surface area contributed by atoms with E-state index in [0.29, 0.717) is 17.0 Å². The molecule has 3 aromatic rings. The molecular formula is C32H31F3O. The van der Waals surface area contributed by atoms with Crippen LogP contribution in [0.4, 0.5) is 13.2 Å². The third kappa shape index (κ3) is 5.81. The second-order valence-electron chi connectivity index (χ2n) is 9.13. The van der Waals surface area contributed by atoms with Crippen LogP contribution in [-0.2, 0) is 0 Å². The Kier molecular flexibility index (Phi) is 8.48. The van der Waals surface area contributed by atoms with Gasteiger partial charge in [-0.25, -0.2) is 8.78 Å². The quantitative estimate of drug-likeness (QED) is 0.273. The topological polar surface area (TPSA) is 9.23 Å². The Morgan fingerprint density at radius 2 is 1.64 bits per heavy atom. The maximum atomic E-state index is 15.1. The van der Waals surface area contributed by atoms with Gasteiger partial charge in [0.05, 0.1) is 0 Å². The molecule has 0 fully saturated rings. The molecule has 1 unspecified atom stereocenters. The summed E-state index contributed by atoms with van der Waals surface area (Å²) < 4.78 is 49.2. The Hall–Kier alpha value is -3.53. The number of rotatable bonds is 9. The third-order valence-electron chi connectivity index (χ3n) is 6.74. The summed E-state index contributed by atoms with van der Waals surface area (Å²) in [5.74, 6) is -1.72. The van der Waals surface area contributed by atoms with Crippen LogP contribution in [0.25, 0.3) is 27.8 Å². The van der Waals surface area contributed by atoms with Crippen LogP contribution in [0.15, 0.2) is 85.5 Å². The first-order valence-corrected chi connectivity index (χ1v) is 12.4. The normalized spacial score (nSPS) is 15.7. The van der Waals surface area contributed by atoms with Crippen LogP contribution in [0.5, 0.6) is 5.75 Å². The summed E-state index contributed by atoms with van der Waals surface area (Å²) in [5, 5.41) is 0. The molecule has 0 bridgehead atoms. The summed E-state index contributed by atoms with van der Waals surface area (Å²) in [6.07, 6.45) is 13.2. The lowest BCUT2D eigenvalue weighted by Gasteiger charge is -2.22. The van der Waals surface area contributed by atoms with Crippen molar-refractivity contribution >= 4 is 5.57 Å². The van der Waals surface area contributed by atoms with Crippen LogP contribution in [0.2, 0.25) is 0 Å². The number of halogens is 3. The highest BCUT2D eigenvalue weighted by atomic mass is 19.2. The molecule has 0 amide bonds. The fraction of sp³-hybridized carbons (Fsp3) is 0.250. The molecule has 0 spiro atoms. The summed E-state index contributed by atoms with van der Waals surface area (Å²) in [4.78, 5) is 0. The molecule has 1 aliphatic carbocycles. The van der Waals surface area contributed by atoms with Crippen molar-refractivity contribution in [3.8, 4) is 28.0 Å². The molecule has 1 nitrogen and oxygen atoms in total. The molecule has 3 aromatic carbocycles. The number of ether oxygens (including phenoxy) is 1. The van der Waals surface area contributed by atoms with E-state index in [1.807, 2.05) is 19.1 Å². The maximum absolute atomic E-state index is 15.1. The van der Waals surface area contributed by atoms with Crippen LogP contribution in [-0.4, -0.2) is 6.61 Å². The van der Waals surface area contributed by atoms with Crippen LogP contribution in [0, 0.1) is 23.4 Å². The van der Waals surface area contributed by atoms with Crippen molar-refractivity contribution in [3.63, 3.8) is 0 Å². The number of hydrogen-bond acceptors (Lipinski definition) is 1. The molecule has 1 atom stereocenters. The molecule has 0 aliphatic heterocycles. The van der Waals surface area contributed by atoms with Crippen molar-refractivity contribution in [1.82, 2.24) is 0 Å². The van der Waals surface area contributed by atoms with Gasteiger partial charge in [-0.3, -0.25) is 0 Å². The minimum atomic E-state index is -1.03. The molecule has 0 radical (unpaired) electrons. The van der Waals surface area contributed by atoms with Gasteiger partial charge >= 0.3 is 0 Å². The molecule has 4 rings (SSSR count). The summed E-state index contributed by atoms with van der Waals surface area (Å²) >= 11 is 0. The van der Waals surface area contributed by atoms with Crippen molar-refractivity contribution < 1.29 is 17.9 Å². The SMILES string of the molecule is C=CCOc1ccc(-c2ccc(-c3ccc(C4=CCC(CCC=CC)CC4)c(F)c3)cc2)c(F)c1F. The second-order valence-corrected chi connectivity index (χ2v) is 9.13. The van der Waals surface area contributed by atoms with E-state index in [9.17, 15) is 8.78 Å². The first-order valence-electron chi connectivity index (χ1n) is 12.4. The smallest absolute Gasteiger partial charge is 0.201 e. The van der Waals surface area contributed by atoms with Gasteiger partial charge in [-0.15, -0.1) is 0 Å². The Morgan fingerprint density at radius 3 is 2.31 bits per heavy atom. The van der Waals surface area contributed by atoms with Gasteiger partial charge in [0.15, 0.2) is 11.6 Å². The molecule has 186 valence electrons. The zero-order valence-corrected chi connectivity index (χ0v) is 20.6. The van der Waals surface area contributed by atoms with Crippen molar-refractivity contribution in [2.75, 3.05) is 6.61 Å². The second kappa shape index (κ2) is 11.9. The summed E-state index contributed by atoms with van der Waals surface area (Å²) in [5.41, 5.74) is 3.95. The Morgan fingerprint density at radius 1 is 0.917 bits per heavy atom. The molecule has 36 heavy (non-hydrogen) atoms. The van der Waals surface area contributed by atoms with Gasteiger partial charge in [-0.05, 0) is 85.4 Å². The highest BCUT2D eigenvalue weighted by Crippen LogP contribution is 2.36. The van der Waals surface area contributed by atoms with Crippen molar-refractivity contribution in [2.24, 2.45) is 5.92 Å². The van der Waals surface area contributed by atoms with Gasteiger partial charge < -0.3 is 4.74 Å². The molecular weight excluding hydrogens is 457 g/mol. The zero-order valence-electron chi connectivity index (χ0n) is 20.6. The van der Waals surface area contributed by atoms with E-state index in [4.69, 9.17) is 4.74 Å². The molecule has 0 saturated heterocycles. The van der Waals surface area contributed by atoms with Crippen LogP contribution >= 0.6 is 0 Å². The standard InChI is InChI=1S/C32H31F3O/c1-3-5-6-7-22-8-10-24(11-9-22)27-17-16-26(21-29(27)33)23-12-14-25(15-13-23)28-18-19-30(36-20-4-2)32(35)31(28)34/h3-5,10,12-19,21-22H,2,6-9,11,20H2,1H3. The third-order valence-corrected chi connectivity index (χ3v) is 6.74. The Labute approximate surface area is 211 Å². The minimum absolute atomic E-state index is 0.0917. The van der Waals surface area contributed by atoms with Crippen LogP contribution in [0.1, 0.15) is 44.6 Å². The number of hydrogen-bond donors (Lipinski definition) is 0. The lowest BCUT2D eigenvalue weighted by molar-refractivity contribution is 0.333. The molecule has 0 N–H and O–H groups in total. The first-order chi connectivity index (χ1) is 17.5. The summed E-state index contributed by atoms with van der Waals surface area (Å²) in [6.45, 7) is 5.64. The van der Waals surface area contributed by atoms with Gasteiger partial charge in [-0.2, -0.15) is 4.39 Å². The van der Waals surface area contributed by atoms with E-state index in [0.717, 1.165) is 42.4 Å². The van der Waals surface area contributed by atoms with E-state index in [-0.39, 0.29) is 23.7 Å². The molecule has 0 aromatic heterocycles. The van der Waals surface area contributed by atoms with Gasteiger partial charge in [0.1, 0.15) is 12.4 Å². The minimum Gasteiger partial charge on any atom is -0.486 e. The Bertz CT molecular complexity index is 1270. The van der Waals surface area contributed by atoms with Crippen molar-refractivity contribution in [3.05, 3.63) is 108 Å².